The summed E-state index contributed by atoms with van der Waals surface area (Å²) < 4.78 is 15.3. The highest BCUT2D eigenvalue weighted by Crippen LogP contribution is 2.29. The molecule has 32 heavy (non-hydrogen) atoms. The quantitative estimate of drug-likeness (QED) is 0.785. The van der Waals surface area contributed by atoms with Crippen LogP contribution in [0, 0.1) is 12.7 Å². The number of urea groups is 1. The second kappa shape index (κ2) is 8.51. The number of fused-ring (bicyclic) bond motifs is 3. The van der Waals surface area contributed by atoms with E-state index in [1.165, 1.54) is 17.2 Å². The maximum Gasteiger partial charge on any atom is 0.322 e. The Hall–Kier alpha value is -2.98. The lowest BCUT2D eigenvalue weighted by Crippen LogP contribution is -2.45. The van der Waals surface area contributed by atoms with Crippen molar-refractivity contribution in [3.8, 4) is 0 Å². The summed E-state index contributed by atoms with van der Waals surface area (Å²) in [5.74, 6) is -0.594. The molecule has 1 N–H and O–H groups in total. The van der Waals surface area contributed by atoms with E-state index >= 15 is 0 Å². The van der Waals surface area contributed by atoms with E-state index in [4.69, 9.17) is 9.94 Å². The number of hydrogen-bond donors (Lipinski definition) is 1. The fraction of sp³-hybridized carbons (Fsp3) is 0.500. The molecule has 1 aromatic carbocycles. The molecule has 0 spiro atoms. The molecule has 0 saturated heterocycles. The van der Waals surface area contributed by atoms with Gasteiger partial charge in [-0.3, -0.25) is 14.3 Å². The minimum absolute atomic E-state index is 0.107. The number of halogens is 1. The van der Waals surface area contributed by atoms with Crippen molar-refractivity contribution >= 4 is 17.6 Å². The first kappa shape index (κ1) is 22.2. The average molecular weight is 445 g/mol. The second-order valence-corrected chi connectivity index (χ2v) is 8.82. The highest BCUT2D eigenvalue weighted by Gasteiger charge is 2.37. The molecule has 172 valence electrons. The van der Waals surface area contributed by atoms with Crippen LogP contribution in [-0.4, -0.2) is 76.4 Å². The first-order chi connectivity index (χ1) is 15.1. The Labute approximate surface area is 186 Å². The van der Waals surface area contributed by atoms with Crippen LogP contribution in [0.2, 0.25) is 0 Å². The molecule has 1 unspecified atom stereocenters. The summed E-state index contributed by atoms with van der Waals surface area (Å²) in [7, 11) is 5.50. The summed E-state index contributed by atoms with van der Waals surface area (Å²) >= 11 is 0. The SMILES string of the molecule is Cc1cc(NC(=O)N2Cc3c(nn4c3C(=O)N(C)OC(CN(C)C)C4)C[C@H]2C)ccc1F. The third-order valence-electron chi connectivity index (χ3n) is 5.89. The predicted octanol–water partition coefficient (Wildman–Crippen LogP) is 2.26. The first-order valence-corrected chi connectivity index (χ1v) is 10.7. The van der Waals surface area contributed by atoms with Crippen molar-refractivity contribution in [1.82, 2.24) is 24.6 Å². The van der Waals surface area contributed by atoms with Crippen molar-refractivity contribution in [2.24, 2.45) is 0 Å². The van der Waals surface area contributed by atoms with Crippen molar-refractivity contribution in [2.45, 2.75) is 45.5 Å². The number of benzene rings is 1. The monoisotopic (exact) mass is 444 g/mol. The molecule has 2 aliphatic rings. The van der Waals surface area contributed by atoms with E-state index in [9.17, 15) is 14.0 Å². The molecule has 0 bridgehead atoms. The summed E-state index contributed by atoms with van der Waals surface area (Å²) in [5.41, 5.74) is 3.03. The number of carbonyl (C=O) groups excluding carboxylic acids is 2. The Morgan fingerprint density at radius 1 is 1.38 bits per heavy atom. The summed E-state index contributed by atoms with van der Waals surface area (Å²) in [6.45, 7) is 4.96. The number of aromatic nitrogens is 2. The van der Waals surface area contributed by atoms with Crippen molar-refractivity contribution in [3.05, 3.63) is 46.5 Å². The molecule has 2 aromatic rings. The van der Waals surface area contributed by atoms with E-state index in [2.05, 4.69) is 5.32 Å². The van der Waals surface area contributed by atoms with E-state index in [1.807, 2.05) is 25.9 Å². The van der Waals surface area contributed by atoms with E-state index < -0.39 is 0 Å². The number of rotatable bonds is 3. The van der Waals surface area contributed by atoms with Crippen LogP contribution in [0.4, 0.5) is 14.9 Å². The molecule has 0 fully saturated rings. The number of hydroxylamine groups is 2. The average Bonchev–Trinajstić information content (AvgIpc) is 2.99. The van der Waals surface area contributed by atoms with E-state index in [0.29, 0.717) is 36.5 Å². The van der Waals surface area contributed by atoms with E-state index in [1.54, 1.807) is 29.6 Å². The number of nitrogens with zero attached hydrogens (tertiary/aromatic N) is 5. The lowest BCUT2D eigenvalue weighted by atomic mass is 9.99. The highest BCUT2D eigenvalue weighted by atomic mass is 19.1. The minimum atomic E-state index is -0.320. The van der Waals surface area contributed by atoms with Crippen LogP contribution in [0.25, 0.3) is 0 Å². The fourth-order valence-electron chi connectivity index (χ4n) is 4.30. The minimum Gasteiger partial charge on any atom is -0.317 e. The van der Waals surface area contributed by atoms with Gasteiger partial charge in [0.15, 0.2) is 0 Å². The zero-order valence-electron chi connectivity index (χ0n) is 19.1. The van der Waals surface area contributed by atoms with Crippen molar-refractivity contribution in [3.63, 3.8) is 0 Å². The molecule has 10 heteroatoms. The van der Waals surface area contributed by atoms with Gasteiger partial charge in [0.2, 0.25) is 0 Å². The number of nitrogens with one attached hydrogen (secondary N) is 1. The van der Waals surface area contributed by atoms with Gasteiger partial charge in [0, 0.05) is 37.3 Å². The Morgan fingerprint density at radius 3 is 2.81 bits per heavy atom. The van der Waals surface area contributed by atoms with Crippen LogP contribution in [0.1, 0.15) is 34.2 Å². The summed E-state index contributed by atoms with van der Waals surface area (Å²) in [6.07, 6.45) is 0.321. The van der Waals surface area contributed by atoms with Gasteiger partial charge < -0.3 is 15.1 Å². The largest absolute Gasteiger partial charge is 0.322 e. The molecule has 2 aliphatic heterocycles. The number of carbonyl (C=O) groups is 2. The first-order valence-electron chi connectivity index (χ1n) is 10.7. The molecule has 3 heterocycles. The van der Waals surface area contributed by atoms with Gasteiger partial charge in [-0.15, -0.1) is 0 Å². The molecule has 0 radical (unpaired) electrons. The second-order valence-electron chi connectivity index (χ2n) is 8.82. The lowest BCUT2D eigenvalue weighted by Gasteiger charge is -2.33. The zero-order chi connectivity index (χ0) is 23.2. The van der Waals surface area contributed by atoms with Crippen molar-refractivity contribution < 1.29 is 18.8 Å². The molecular formula is C22H29FN6O3. The van der Waals surface area contributed by atoms with Gasteiger partial charge >= 0.3 is 6.03 Å². The topological polar surface area (TPSA) is 82.9 Å². The number of amides is 3. The molecule has 9 nitrogen and oxygen atoms in total. The smallest absolute Gasteiger partial charge is 0.317 e. The van der Waals surface area contributed by atoms with Crippen LogP contribution < -0.4 is 5.32 Å². The highest BCUT2D eigenvalue weighted by molar-refractivity contribution is 5.94. The van der Waals surface area contributed by atoms with Gasteiger partial charge in [0.1, 0.15) is 17.6 Å². The van der Waals surface area contributed by atoms with Gasteiger partial charge in [0.25, 0.3) is 5.91 Å². The maximum absolute atomic E-state index is 13.6. The third kappa shape index (κ3) is 4.20. The number of aryl methyl sites for hydroxylation is 1. The normalized spacial score (nSPS) is 20.8. The molecule has 2 atom stereocenters. The Bertz CT molecular complexity index is 1050. The Kier molecular flexibility index (Phi) is 5.91. The van der Waals surface area contributed by atoms with Crippen LogP contribution in [0.5, 0.6) is 0 Å². The summed E-state index contributed by atoms with van der Waals surface area (Å²) in [4.78, 5) is 35.6. The van der Waals surface area contributed by atoms with Gasteiger partial charge in [-0.05, 0) is 51.7 Å². The number of hydrogen-bond acceptors (Lipinski definition) is 5. The standard InChI is InChI=1S/C22H29FN6O3/c1-13-8-15(6-7-18(13)23)24-22(31)28-12-17-19(9-14(28)2)25-29-11-16(10-26(3)4)32-27(5)21(30)20(17)29/h6-8,14,16H,9-12H2,1-5H3,(H,24,31)/t14-,16?/m1/s1. The maximum atomic E-state index is 13.6. The van der Waals surface area contributed by atoms with Crippen LogP contribution >= 0.6 is 0 Å². The Morgan fingerprint density at radius 2 is 2.12 bits per heavy atom. The Balaban J connectivity index is 1.60. The van der Waals surface area contributed by atoms with Crippen LogP contribution in [0.15, 0.2) is 18.2 Å². The van der Waals surface area contributed by atoms with Gasteiger partial charge in [-0.1, -0.05) is 0 Å². The van der Waals surface area contributed by atoms with Crippen LogP contribution in [0.3, 0.4) is 0 Å². The van der Waals surface area contributed by atoms with Gasteiger partial charge in [-0.2, -0.15) is 5.10 Å². The van der Waals surface area contributed by atoms with Crippen LogP contribution in [-0.2, 0) is 24.3 Å². The molecular weight excluding hydrogens is 415 g/mol. The summed E-state index contributed by atoms with van der Waals surface area (Å²) in [6, 6.07) is 4.06. The van der Waals surface area contributed by atoms with E-state index in [-0.39, 0.29) is 36.4 Å². The molecule has 0 aliphatic carbocycles. The molecule has 4 rings (SSSR count). The molecule has 0 saturated carbocycles. The third-order valence-corrected chi connectivity index (χ3v) is 5.89. The molecule has 1 aromatic heterocycles. The van der Waals surface area contributed by atoms with E-state index in [0.717, 1.165) is 11.3 Å². The van der Waals surface area contributed by atoms with Gasteiger partial charge in [-0.25, -0.2) is 14.2 Å². The number of anilines is 1. The molecule has 3 amide bonds. The van der Waals surface area contributed by atoms with Gasteiger partial charge in [0.05, 0.1) is 18.8 Å². The van der Waals surface area contributed by atoms with Crippen molar-refractivity contribution in [2.75, 3.05) is 33.0 Å². The van der Waals surface area contributed by atoms with Crippen molar-refractivity contribution in [1.29, 1.82) is 0 Å². The summed E-state index contributed by atoms with van der Waals surface area (Å²) in [5, 5.41) is 8.82. The number of likely N-dealkylation sites (N-methyl/N-ethyl adjacent to an activating group) is 1. The zero-order valence-corrected chi connectivity index (χ0v) is 19.1. The lowest BCUT2D eigenvalue weighted by molar-refractivity contribution is -0.152. The fourth-order valence-corrected chi connectivity index (χ4v) is 4.30. The predicted molar refractivity (Wildman–Crippen MR) is 117 cm³/mol.